The highest BCUT2D eigenvalue weighted by atomic mass is 16.5. The first-order valence-corrected chi connectivity index (χ1v) is 4.43. The molecule has 0 aromatic heterocycles. The van der Waals surface area contributed by atoms with Gasteiger partial charge in [-0.05, 0) is 13.8 Å². The Morgan fingerprint density at radius 3 is 2.31 bits per heavy atom. The van der Waals surface area contributed by atoms with Crippen molar-refractivity contribution in [2.24, 2.45) is 5.73 Å². The van der Waals surface area contributed by atoms with Gasteiger partial charge in [0, 0.05) is 20.2 Å². The summed E-state index contributed by atoms with van der Waals surface area (Å²) in [5.41, 5.74) is 5.63. The van der Waals surface area contributed by atoms with Crippen molar-refractivity contribution >= 4 is 6.03 Å². The molecule has 1 heterocycles. The predicted octanol–water partition coefficient (Wildman–Crippen LogP) is 0.0211. The highest BCUT2D eigenvalue weighted by Crippen LogP contribution is 2.13. The zero-order valence-corrected chi connectivity index (χ0v) is 8.36. The molecule has 1 fully saturated rings. The van der Waals surface area contributed by atoms with E-state index in [1.54, 1.807) is 23.8 Å². The number of amides is 2. The maximum atomic E-state index is 11.6. The standard InChI is InChI=1S/C8H17N3O2/c1-6(9)10-4-5-11(8(10)12)7(2)13-3/h6-7H,4-5,9H2,1-3H3. The molecule has 0 bridgehead atoms. The summed E-state index contributed by atoms with van der Waals surface area (Å²) in [6.45, 7) is 5.03. The summed E-state index contributed by atoms with van der Waals surface area (Å²) in [7, 11) is 1.59. The molecule has 0 aromatic carbocycles. The molecule has 5 heteroatoms. The Labute approximate surface area is 78.4 Å². The molecule has 2 atom stereocenters. The Kier molecular flexibility index (Phi) is 3.11. The number of ether oxygens (including phenoxy) is 1. The number of carbonyl (C=O) groups excluding carboxylic acids is 1. The van der Waals surface area contributed by atoms with Gasteiger partial charge in [-0.3, -0.25) is 4.90 Å². The second-order valence-electron chi connectivity index (χ2n) is 3.24. The summed E-state index contributed by atoms with van der Waals surface area (Å²) >= 11 is 0. The quantitative estimate of drug-likeness (QED) is 0.677. The average molecular weight is 187 g/mol. The van der Waals surface area contributed by atoms with E-state index < -0.39 is 0 Å². The molecular weight excluding hydrogens is 170 g/mol. The molecule has 1 saturated heterocycles. The molecule has 0 saturated carbocycles. The number of hydrogen-bond donors (Lipinski definition) is 1. The molecule has 1 aliphatic rings. The molecule has 1 aliphatic heterocycles. The van der Waals surface area contributed by atoms with Crippen LogP contribution in [0.25, 0.3) is 0 Å². The molecule has 0 aliphatic carbocycles. The Bertz CT molecular complexity index is 196. The van der Waals surface area contributed by atoms with E-state index in [2.05, 4.69) is 0 Å². The monoisotopic (exact) mass is 187 g/mol. The largest absolute Gasteiger partial charge is 0.362 e. The summed E-state index contributed by atoms with van der Waals surface area (Å²) in [5.74, 6) is 0. The third-order valence-electron chi connectivity index (χ3n) is 2.34. The Morgan fingerprint density at radius 1 is 1.38 bits per heavy atom. The van der Waals surface area contributed by atoms with Crippen molar-refractivity contribution in [3.05, 3.63) is 0 Å². The van der Waals surface area contributed by atoms with E-state index in [4.69, 9.17) is 10.5 Å². The van der Waals surface area contributed by atoms with Crippen LogP contribution in [0.4, 0.5) is 4.79 Å². The van der Waals surface area contributed by atoms with Crippen LogP contribution in [0.2, 0.25) is 0 Å². The summed E-state index contributed by atoms with van der Waals surface area (Å²) in [6.07, 6.45) is -0.391. The average Bonchev–Trinajstić information content (AvgIpc) is 2.46. The van der Waals surface area contributed by atoms with Gasteiger partial charge >= 0.3 is 6.03 Å². The van der Waals surface area contributed by atoms with Gasteiger partial charge in [0.2, 0.25) is 0 Å². The van der Waals surface area contributed by atoms with Crippen LogP contribution in [-0.2, 0) is 4.74 Å². The summed E-state index contributed by atoms with van der Waals surface area (Å²) in [6, 6.07) is -0.0376. The van der Waals surface area contributed by atoms with E-state index in [-0.39, 0.29) is 18.4 Å². The lowest BCUT2D eigenvalue weighted by Crippen LogP contribution is -2.44. The van der Waals surface area contributed by atoms with Gasteiger partial charge in [-0.2, -0.15) is 0 Å². The summed E-state index contributed by atoms with van der Waals surface area (Å²) in [5, 5.41) is 0. The number of nitrogens with two attached hydrogens (primary N) is 1. The molecule has 13 heavy (non-hydrogen) atoms. The molecule has 76 valence electrons. The van der Waals surface area contributed by atoms with Crippen molar-refractivity contribution in [1.82, 2.24) is 9.80 Å². The number of nitrogens with zero attached hydrogens (tertiary/aromatic N) is 2. The van der Waals surface area contributed by atoms with Crippen LogP contribution in [0.3, 0.4) is 0 Å². The number of methoxy groups -OCH3 is 1. The first kappa shape index (κ1) is 10.3. The van der Waals surface area contributed by atoms with E-state index in [1.165, 1.54) is 0 Å². The van der Waals surface area contributed by atoms with E-state index in [0.29, 0.717) is 13.1 Å². The van der Waals surface area contributed by atoms with Gasteiger partial charge in [-0.25, -0.2) is 4.79 Å². The van der Waals surface area contributed by atoms with E-state index in [1.807, 2.05) is 6.92 Å². The first-order valence-electron chi connectivity index (χ1n) is 4.43. The van der Waals surface area contributed by atoms with Crippen LogP contribution in [0, 0.1) is 0 Å². The molecule has 0 radical (unpaired) electrons. The fourth-order valence-electron chi connectivity index (χ4n) is 1.41. The fourth-order valence-corrected chi connectivity index (χ4v) is 1.41. The van der Waals surface area contributed by atoms with Crippen molar-refractivity contribution in [2.75, 3.05) is 20.2 Å². The zero-order chi connectivity index (χ0) is 10.0. The van der Waals surface area contributed by atoms with Crippen LogP contribution in [0.5, 0.6) is 0 Å². The third kappa shape index (κ3) is 1.92. The highest BCUT2D eigenvalue weighted by Gasteiger charge is 2.33. The van der Waals surface area contributed by atoms with E-state index in [0.717, 1.165) is 0 Å². The molecule has 2 unspecified atom stereocenters. The molecule has 2 N–H and O–H groups in total. The van der Waals surface area contributed by atoms with Gasteiger partial charge in [0.05, 0.1) is 6.17 Å². The molecule has 2 amide bonds. The second kappa shape index (κ2) is 3.93. The lowest BCUT2D eigenvalue weighted by molar-refractivity contribution is 0.0141. The van der Waals surface area contributed by atoms with Crippen molar-refractivity contribution in [3.8, 4) is 0 Å². The predicted molar refractivity (Wildman–Crippen MR) is 48.9 cm³/mol. The minimum absolute atomic E-state index is 0.0376. The van der Waals surface area contributed by atoms with Crippen LogP contribution in [0.15, 0.2) is 0 Å². The van der Waals surface area contributed by atoms with Crippen LogP contribution < -0.4 is 5.73 Å². The topological polar surface area (TPSA) is 58.8 Å². The normalized spacial score (nSPS) is 22.3. The third-order valence-corrected chi connectivity index (χ3v) is 2.34. The number of carbonyl (C=O) groups is 1. The van der Waals surface area contributed by atoms with Gasteiger partial charge in [0.15, 0.2) is 0 Å². The lowest BCUT2D eigenvalue weighted by atomic mass is 10.5. The Hall–Kier alpha value is -0.810. The number of rotatable bonds is 3. The Morgan fingerprint density at radius 2 is 1.92 bits per heavy atom. The van der Waals surface area contributed by atoms with Crippen LogP contribution >= 0.6 is 0 Å². The molecule has 5 nitrogen and oxygen atoms in total. The van der Waals surface area contributed by atoms with Crippen molar-refractivity contribution < 1.29 is 9.53 Å². The number of hydrogen-bond acceptors (Lipinski definition) is 3. The summed E-state index contributed by atoms with van der Waals surface area (Å²) in [4.78, 5) is 14.9. The lowest BCUT2D eigenvalue weighted by Gasteiger charge is -2.24. The molecule has 0 spiro atoms. The smallest absolute Gasteiger partial charge is 0.323 e. The highest BCUT2D eigenvalue weighted by molar-refractivity contribution is 5.76. The van der Waals surface area contributed by atoms with Gasteiger partial charge in [0.25, 0.3) is 0 Å². The zero-order valence-electron chi connectivity index (χ0n) is 8.36. The van der Waals surface area contributed by atoms with E-state index in [9.17, 15) is 4.79 Å². The number of urea groups is 1. The Balaban J connectivity index is 2.60. The van der Waals surface area contributed by atoms with Crippen LogP contribution in [0.1, 0.15) is 13.8 Å². The molecule has 0 aromatic rings. The van der Waals surface area contributed by atoms with Crippen molar-refractivity contribution in [2.45, 2.75) is 26.2 Å². The van der Waals surface area contributed by atoms with E-state index >= 15 is 0 Å². The van der Waals surface area contributed by atoms with Crippen molar-refractivity contribution in [1.29, 1.82) is 0 Å². The molecular formula is C8H17N3O2. The molecule has 1 rings (SSSR count). The SMILES string of the molecule is COC(C)N1CCN(C(C)N)C1=O. The maximum Gasteiger partial charge on any atom is 0.323 e. The van der Waals surface area contributed by atoms with Crippen molar-refractivity contribution in [3.63, 3.8) is 0 Å². The van der Waals surface area contributed by atoms with Gasteiger partial charge < -0.3 is 15.4 Å². The second-order valence-corrected chi connectivity index (χ2v) is 3.24. The minimum Gasteiger partial charge on any atom is -0.362 e. The van der Waals surface area contributed by atoms with Gasteiger partial charge in [0.1, 0.15) is 6.23 Å². The minimum atomic E-state index is -0.221. The maximum absolute atomic E-state index is 11.6. The van der Waals surface area contributed by atoms with Gasteiger partial charge in [-0.15, -0.1) is 0 Å². The summed E-state index contributed by atoms with van der Waals surface area (Å²) < 4.78 is 5.07. The van der Waals surface area contributed by atoms with Crippen LogP contribution in [-0.4, -0.2) is 48.4 Å². The first-order chi connectivity index (χ1) is 6.07. The van der Waals surface area contributed by atoms with Gasteiger partial charge in [-0.1, -0.05) is 0 Å². The fraction of sp³-hybridized carbons (Fsp3) is 0.875.